The molecule has 0 saturated heterocycles. The SMILES string of the molecule is COc1ccc(C(N)=O)c(OS(=O)(=O)c2ccc(C)c(C)c2)c1. The highest BCUT2D eigenvalue weighted by Gasteiger charge is 2.21. The molecule has 0 aliphatic rings. The average Bonchev–Trinajstić information content (AvgIpc) is 2.49. The molecule has 2 N–H and O–H groups in total. The molecule has 1 amide bonds. The van der Waals surface area contributed by atoms with E-state index >= 15 is 0 Å². The number of rotatable bonds is 5. The van der Waals surface area contributed by atoms with Crippen LogP contribution in [-0.4, -0.2) is 21.4 Å². The number of ether oxygens (including phenoxy) is 1. The molecular formula is C16H17NO5S. The lowest BCUT2D eigenvalue weighted by molar-refractivity contribution is 0.0999. The van der Waals surface area contributed by atoms with Crippen molar-refractivity contribution in [2.24, 2.45) is 5.73 Å². The summed E-state index contributed by atoms with van der Waals surface area (Å²) in [6.45, 7) is 3.68. The van der Waals surface area contributed by atoms with Crippen molar-refractivity contribution in [2.75, 3.05) is 7.11 Å². The molecule has 0 spiro atoms. The first-order valence-corrected chi connectivity index (χ1v) is 8.15. The third-order valence-electron chi connectivity index (χ3n) is 3.42. The van der Waals surface area contributed by atoms with E-state index < -0.39 is 16.0 Å². The van der Waals surface area contributed by atoms with Crippen LogP contribution in [0.25, 0.3) is 0 Å². The van der Waals surface area contributed by atoms with Crippen LogP contribution < -0.4 is 14.7 Å². The highest BCUT2D eigenvalue weighted by molar-refractivity contribution is 7.87. The minimum atomic E-state index is -4.10. The van der Waals surface area contributed by atoms with Crippen LogP contribution in [0.5, 0.6) is 11.5 Å². The molecule has 7 heteroatoms. The van der Waals surface area contributed by atoms with Crippen molar-refractivity contribution < 1.29 is 22.1 Å². The number of aryl methyl sites for hydroxylation is 2. The maximum atomic E-state index is 12.4. The summed E-state index contributed by atoms with van der Waals surface area (Å²) in [5, 5.41) is 0. The molecule has 0 bridgehead atoms. The zero-order chi connectivity index (χ0) is 17.2. The topological polar surface area (TPSA) is 95.7 Å². The highest BCUT2D eigenvalue weighted by atomic mass is 32.2. The number of hydrogen-bond acceptors (Lipinski definition) is 5. The van der Waals surface area contributed by atoms with Gasteiger partial charge in [-0.05, 0) is 49.2 Å². The first-order valence-electron chi connectivity index (χ1n) is 6.74. The van der Waals surface area contributed by atoms with E-state index in [0.29, 0.717) is 5.75 Å². The molecule has 0 aliphatic heterocycles. The van der Waals surface area contributed by atoms with Crippen LogP contribution in [0.1, 0.15) is 21.5 Å². The standard InChI is InChI=1S/C16H17NO5S/c1-10-4-6-13(8-11(10)2)23(19,20)22-15-9-12(21-3)5-7-14(15)16(17)18/h4-9H,1-3H3,(H2,17,18). The smallest absolute Gasteiger partial charge is 0.339 e. The van der Waals surface area contributed by atoms with Gasteiger partial charge in [0.15, 0.2) is 5.75 Å². The average molecular weight is 335 g/mol. The van der Waals surface area contributed by atoms with E-state index in [1.54, 1.807) is 13.0 Å². The van der Waals surface area contributed by atoms with Gasteiger partial charge in [0.05, 0.1) is 12.7 Å². The summed E-state index contributed by atoms with van der Waals surface area (Å²) in [6, 6.07) is 8.80. The Labute approximate surface area is 135 Å². The number of hydrogen-bond donors (Lipinski definition) is 1. The van der Waals surface area contributed by atoms with Gasteiger partial charge in [-0.1, -0.05) is 6.07 Å². The predicted molar refractivity (Wildman–Crippen MR) is 85.2 cm³/mol. The molecule has 2 rings (SSSR count). The molecule has 0 aromatic heterocycles. The third-order valence-corrected chi connectivity index (χ3v) is 4.65. The number of primary amides is 1. The van der Waals surface area contributed by atoms with Gasteiger partial charge in [-0.15, -0.1) is 0 Å². The van der Waals surface area contributed by atoms with Crippen LogP contribution >= 0.6 is 0 Å². The van der Waals surface area contributed by atoms with Crippen molar-refractivity contribution in [2.45, 2.75) is 18.7 Å². The van der Waals surface area contributed by atoms with Crippen molar-refractivity contribution in [3.05, 3.63) is 53.1 Å². The van der Waals surface area contributed by atoms with E-state index in [9.17, 15) is 13.2 Å². The molecule has 0 radical (unpaired) electrons. The number of nitrogens with two attached hydrogens (primary N) is 1. The Hall–Kier alpha value is -2.54. The number of amides is 1. The van der Waals surface area contributed by atoms with E-state index in [2.05, 4.69) is 0 Å². The van der Waals surface area contributed by atoms with Gasteiger partial charge in [0.2, 0.25) is 0 Å². The third kappa shape index (κ3) is 3.62. The Kier molecular flexibility index (Phi) is 4.60. The fourth-order valence-electron chi connectivity index (χ4n) is 1.94. The molecule has 0 fully saturated rings. The lowest BCUT2D eigenvalue weighted by Crippen LogP contribution is -2.16. The maximum absolute atomic E-state index is 12.4. The molecule has 2 aromatic carbocycles. The minimum absolute atomic E-state index is 0.00107. The largest absolute Gasteiger partial charge is 0.497 e. The van der Waals surface area contributed by atoms with Crippen molar-refractivity contribution in [3.63, 3.8) is 0 Å². The monoisotopic (exact) mass is 335 g/mol. The lowest BCUT2D eigenvalue weighted by Gasteiger charge is -2.12. The number of methoxy groups -OCH3 is 1. The normalized spacial score (nSPS) is 11.1. The molecular weight excluding hydrogens is 318 g/mol. The van der Waals surface area contributed by atoms with Crippen LogP contribution in [0, 0.1) is 13.8 Å². The summed E-state index contributed by atoms with van der Waals surface area (Å²) < 4.78 is 35.0. The fourth-order valence-corrected chi connectivity index (χ4v) is 2.96. The molecule has 0 saturated carbocycles. The summed E-state index contributed by atoms with van der Waals surface area (Å²) >= 11 is 0. The van der Waals surface area contributed by atoms with Gasteiger partial charge >= 0.3 is 10.1 Å². The Morgan fingerprint density at radius 3 is 2.30 bits per heavy atom. The molecule has 122 valence electrons. The first-order chi connectivity index (χ1) is 10.7. The quantitative estimate of drug-likeness (QED) is 0.845. The summed E-state index contributed by atoms with van der Waals surface area (Å²) in [5.74, 6) is -0.617. The number of benzene rings is 2. The van der Waals surface area contributed by atoms with Crippen LogP contribution in [-0.2, 0) is 10.1 Å². The zero-order valence-electron chi connectivity index (χ0n) is 13.0. The number of carbonyl (C=O) groups excluding carboxylic acids is 1. The first kappa shape index (κ1) is 16.8. The van der Waals surface area contributed by atoms with Gasteiger partial charge in [0, 0.05) is 6.07 Å². The fraction of sp³-hybridized carbons (Fsp3) is 0.188. The van der Waals surface area contributed by atoms with E-state index in [1.807, 2.05) is 6.92 Å². The summed E-state index contributed by atoms with van der Waals surface area (Å²) in [4.78, 5) is 11.4. The van der Waals surface area contributed by atoms with Crippen molar-refractivity contribution >= 4 is 16.0 Å². The van der Waals surface area contributed by atoms with Gasteiger partial charge in [0.25, 0.3) is 5.91 Å². The van der Waals surface area contributed by atoms with E-state index in [-0.39, 0.29) is 16.2 Å². The van der Waals surface area contributed by atoms with Crippen molar-refractivity contribution in [1.29, 1.82) is 0 Å². The predicted octanol–water partition coefficient (Wildman–Crippen LogP) is 2.18. The second-order valence-electron chi connectivity index (χ2n) is 5.01. The Bertz CT molecular complexity index is 859. The summed E-state index contributed by atoms with van der Waals surface area (Å²) in [7, 11) is -2.68. The van der Waals surface area contributed by atoms with Gasteiger partial charge in [-0.25, -0.2) is 0 Å². The van der Waals surface area contributed by atoms with E-state index in [1.165, 1.54) is 37.4 Å². The Balaban J connectivity index is 2.47. The summed E-state index contributed by atoms with van der Waals surface area (Å²) in [5.41, 5.74) is 6.99. The minimum Gasteiger partial charge on any atom is -0.497 e. The molecule has 0 unspecified atom stereocenters. The number of carbonyl (C=O) groups is 1. The highest BCUT2D eigenvalue weighted by Crippen LogP contribution is 2.28. The van der Waals surface area contributed by atoms with Crippen LogP contribution in [0.15, 0.2) is 41.3 Å². The van der Waals surface area contributed by atoms with Crippen molar-refractivity contribution in [3.8, 4) is 11.5 Å². The second-order valence-corrected chi connectivity index (χ2v) is 6.56. The van der Waals surface area contributed by atoms with Gasteiger partial charge in [-0.2, -0.15) is 8.42 Å². The molecule has 0 heterocycles. The van der Waals surface area contributed by atoms with Crippen LogP contribution in [0.2, 0.25) is 0 Å². The van der Waals surface area contributed by atoms with Crippen molar-refractivity contribution in [1.82, 2.24) is 0 Å². The van der Waals surface area contributed by atoms with E-state index in [4.69, 9.17) is 14.7 Å². The van der Waals surface area contributed by atoms with Crippen LogP contribution in [0.4, 0.5) is 0 Å². The maximum Gasteiger partial charge on any atom is 0.339 e. The Morgan fingerprint density at radius 2 is 1.74 bits per heavy atom. The van der Waals surface area contributed by atoms with Gasteiger partial charge in [-0.3, -0.25) is 4.79 Å². The van der Waals surface area contributed by atoms with Crippen LogP contribution in [0.3, 0.4) is 0 Å². The molecule has 0 aliphatic carbocycles. The van der Waals surface area contributed by atoms with Gasteiger partial charge < -0.3 is 14.7 Å². The molecule has 2 aromatic rings. The molecule has 0 atom stereocenters. The lowest BCUT2D eigenvalue weighted by atomic mass is 10.1. The zero-order valence-corrected chi connectivity index (χ0v) is 13.8. The summed E-state index contributed by atoms with van der Waals surface area (Å²) in [6.07, 6.45) is 0. The van der Waals surface area contributed by atoms with Gasteiger partial charge in [0.1, 0.15) is 10.6 Å². The van der Waals surface area contributed by atoms with E-state index in [0.717, 1.165) is 11.1 Å². The molecule has 23 heavy (non-hydrogen) atoms. The molecule has 6 nitrogen and oxygen atoms in total. The second kappa shape index (κ2) is 6.29. The Morgan fingerprint density at radius 1 is 1.04 bits per heavy atom.